The highest BCUT2D eigenvalue weighted by Gasteiger charge is 2.39. The van der Waals surface area contributed by atoms with Gasteiger partial charge in [-0.05, 0) is 44.9 Å². The number of hydrogen-bond donors (Lipinski definition) is 0. The van der Waals surface area contributed by atoms with Crippen molar-refractivity contribution in [3.63, 3.8) is 0 Å². The molecule has 1 aliphatic rings. The number of ketones is 2. The molecule has 3 heteroatoms. The second-order valence-electron chi connectivity index (χ2n) is 5.45. The van der Waals surface area contributed by atoms with Crippen molar-refractivity contribution in [3.05, 3.63) is 58.9 Å². The number of hydrogen-bond acceptors (Lipinski definition) is 3. The number of benzene rings is 1. The van der Waals surface area contributed by atoms with Crippen LogP contribution in [0.2, 0.25) is 0 Å². The lowest BCUT2D eigenvalue weighted by molar-refractivity contribution is -0.114. The molecule has 0 radical (unpaired) electrons. The van der Waals surface area contributed by atoms with Crippen LogP contribution in [0.15, 0.2) is 53.3 Å². The van der Waals surface area contributed by atoms with Crippen molar-refractivity contribution in [2.24, 2.45) is 0 Å². The van der Waals surface area contributed by atoms with Crippen molar-refractivity contribution in [2.75, 3.05) is 0 Å². The molecule has 0 fully saturated rings. The highest BCUT2D eigenvalue weighted by Crippen LogP contribution is 2.42. The molecule has 21 heavy (non-hydrogen) atoms. The third kappa shape index (κ3) is 3.13. The van der Waals surface area contributed by atoms with Crippen molar-refractivity contribution in [3.8, 4) is 0 Å². The van der Waals surface area contributed by atoms with E-state index in [0.29, 0.717) is 11.3 Å². The van der Waals surface area contributed by atoms with Gasteiger partial charge < -0.3 is 4.74 Å². The highest BCUT2D eigenvalue weighted by molar-refractivity contribution is 5.96. The maximum atomic E-state index is 12.0. The predicted octanol–water partition coefficient (Wildman–Crippen LogP) is 3.57. The number of Topliss-reactive ketones (excluding diaryl/α,β-unsaturated/α-hetero) is 1. The lowest BCUT2D eigenvalue weighted by atomic mass is 9.83. The Bertz CT molecular complexity index is 623. The van der Waals surface area contributed by atoms with Gasteiger partial charge in [-0.25, -0.2) is 0 Å². The zero-order valence-electron chi connectivity index (χ0n) is 12.8. The zero-order chi connectivity index (χ0) is 15.6. The summed E-state index contributed by atoms with van der Waals surface area (Å²) in [7, 11) is 0. The Morgan fingerprint density at radius 1 is 1.10 bits per heavy atom. The van der Waals surface area contributed by atoms with E-state index in [2.05, 4.69) is 0 Å². The van der Waals surface area contributed by atoms with Gasteiger partial charge in [-0.3, -0.25) is 9.59 Å². The molecule has 110 valence electrons. The van der Waals surface area contributed by atoms with Crippen LogP contribution in [0.3, 0.4) is 0 Å². The monoisotopic (exact) mass is 284 g/mol. The molecule has 0 saturated heterocycles. The van der Waals surface area contributed by atoms with E-state index in [0.717, 1.165) is 11.1 Å². The maximum Gasteiger partial charge on any atom is 0.159 e. The molecular weight excluding hydrogens is 264 g/mol. The largest absolute Gasteiger partial charge is 0.489 e. The summed E-state index contributed by atoms with van der Waals surface area (Å²) in [5, 5.41) is 0. The van der Waals surface area contributed by atoms with Gasteiger partial charge in [0.2, 0.25) is 0 Å². The number of allylic oxidation sites excluding steroid dienone is 2. The fraction of sp³-hybridized carbons (Fsp3) is 0.333. The summed E-state index contributed by atoms with van der Waals surface area (Å²) in [4.78, 5) is 23.3. The summed E-state index contributed by atoms with van der Waals surface area (Å²) in [5.74, 6) is 0.494. The van der Waals surface area contributed by atoms with Crippen LogP contribution in [0.25, 0.3) is 0 Å². The molecule has 1 aromatic carbocycles. The molecule has 3 nitrogen and oxygen atoms in total. The van der Waals surface area contributed by atoms with Crippen molar-refractivity contribution < 1.29 is 14.3 Å². The van der Waals surface area contributed by atoms with E-state index >= 15 is 0 Å². The SMILES string of the molecule is CC(=O)/C=C(/C)[C@@H]1OC(C)=C(C(C)=O)[C@H]1c1ccccc1. The second kappa shape index (κ2) is 6.08. The first kappa shape index (κ1) is 15.2. The van der Waals surface area contributed by atoms with Crippen LogP contribution in [-0.2, 0) is 14.3 Å². The summed E-state index contributed by atoms with van der Waals surface area (Å²) in [6.07, 6.45) is 1.28. The predicted molar refractivity (Wildman–Crippen MR) is 81.9 cm³/mol. The van der Waals surface area contributed by atoms with Gasteiger partial charge in [0.05, 0.1) is 5.92 Å². The van der Waals surface area contributed by atoms with Gasteiger partial charge in [0, 0.05) is 5.57 Å². The minimum absolute atomic E-state index is 0.0134. The molecule has 1 aromatic rings. The molecule has 0 N–H and O–H groups in total. The van der Waals surface area contributed by atoms with E-state index in [1.54, 1.807) is 13.0 Å². The molecule has 0 bridgehead atoms. The van der Waals surface area contributed by atoms with E-state index in [4.69, 9.17) is 4.74 Å². The van der Waals surface area contributed by atoms with E-state index in [1.165, 1.54) is 6.92 Å². The Morgan fingerprint density at radius 2 is 1.71 bits per heavy atom. The van der Waals surface area contributed by atoms with Crippen LogP contribution in [-0.4, -0.2) is 17.7 Å². The van der Waals surface area contributed by atoms with E-state index in [9.17, 15) is 9.59 Å². The minimum atomic E-state index is -0.296. The number of carbonyl (C=O) groups is 2. The van der Waals surface area contributed by atoms with Crippen molar-refractivity contribution >= 4 is 11.6 Å². The summed E-state index contributed by atoms with van der Waals surface area (Å²) in [6, 6.07) is 9.81. The molecular formula is C18H20O3. The van der Waals surface area contributed by atoms with Crippen LogP contribution >= 0.6 is 0 Å². The van der Waals surface area contributed by atoms with Crippen molar-refractivity contribution in [1.29, 1.82) is 0 Å². The molecule has 0 aliphatic carbocycles. The average molecular weight is 284 g/mol. The fourth-order valence-electron chi connectivity index (χ4n) is 2.92. The van der Waals surface area contributed by atoms with Crippen LogP contribution < -0.4 is 0 Å². The Kier molecular flexibility index (Phi) is 4.41. The van der Waals surface area contributed by atoms with E-state index < -0.39 is 0 Å². The van der Waals surface area contributed by atoms with Crippen molar-refractivity contribution in [2.45, 2.75) is 39.7 Å². The smallest absolute Gasteiger partial charge is 0.159 e. The Morgan fingerprint density at radius 3 is 2.24 bits per heavy atom. The maximum absolute atomic E-state index is 12.0. The van der Waals surface area contributed by atoms with Gasteiger partial charge in [-0.15, -0.1) is 0 Å². The first-order valence-corrected chi connectivity index (χ1v) is 7.04. The third-order valence-corrected chi connectivity index (χ3v) is 3.71. The van der Waals surface area contributed by atoms with Gasteiger partial charge >= 0.3 is 0 Å². The van der Waals surface area contributed by atoms with E-state index in [-0.39, 0.29) is 23.6 Å². The molecule has 2 rings (SSSR count). The highest BCUT2D eigenvalue weighted by atomic mass is 16.5. The first-order chi connectivity index (χ1) is 9.91. The number of ether oxygens (including phenoxy) is 1. The minimum Gasteiger partial charge on any atom is -0.489 e. The summed E-state index contributed by atoms with van der Waals surface area (Å²) < 4.78 is 5.90. The zero-order valence-corrected chi connectivity index (χ0v) is 12.8. The Labute approximate surface area is 125 Å². The molecule has 1 heterocycles. The molecule has 0 unspecified atom stereocenters. The number of carbonyl (C=O) groups excluding carboxylic acids is 2. The third-order valence-electron chi connectivity index (χ3n) is 3.71. The summed E-state index contributed by atoms with van der Waals surface area (Å²) in [5.41, 5.74) is 2.57. The van der Waals surface area contributed by atoms with Crippen LogP contribution in [0.5, 0.6) is 0 Å². The Balaban J connectivity index is 2.50. The normalized spacial score (nSPS) is 22.2. The quantitative estimate of drug-likeness (QED) is 0.794. The summed E-state index contributed by atoms with van der Waals surface area (Å²) in [6.45, 7) is 6.76. The second-order valence-corrected chi connectivity index (χ2v) is 5.45. The van der Waals surface area contributed by atoms with E-state index in [1.807, 2.05) is 44.2 Å². The van der Waals surface area contributed by atoms with Crippen LogP contribution in [0, 0.1) is 0 Å². The fourth-order valence-corrected chi connectivity index (χ4v) is 2.92. The van der Waals surface area contributed by atoms with Gasteiger partial charge in [0.25, 0.3) is 0 Å². The van der Waals surface area contributed by atoms with Gasteiger partial charge in [0.1, 0.15) is 11.9 Å². The topological polar surface area (TPSA) is 43.4 Å². The molecule has 0 saturated carbocycles. The van der Waals surface area contributed by atoms with Crippen LogP contribution in [0.4, 0.5) is 0 Å². The lowest BCUT2D eigenvalue weighted by Crippen LogP contribution is -2.21. The van der Waals surface area contributed by atoms with Gasteiger partial charge in [-0.2, -0.15) is 0 Å². The average Bonchev–Trinajstić information content (AvgIpc) is 2.76. The van der Waals surface area contributed by atoms with Crippen molar-refractivity contribution in [1.82, 2.24) is 0 Å². The lowest BCUT2D eigenvalue weighted by Gasteiger charge is -2.22. The molecule has 1 aliphatic heterocycles. The van der Waals surface area contributed by atoms with Crippen LogP contribution in [0.1, 0.15) is 39.2 Å². The summed E-state index contributed by atoms with van der Waals surface area (Å²) >= 11 is 0. The molecule has 0 aromatic heterocycles. The van der Waals surface area contributed by atoms with Gasteiger partial charge in [-0.1, -0.05) is 30.3 Å². The Hall–Kier alpha value is -2.16. The number of rotatable bonds is 4. The standard InChI is InChI=1S/C18H20O3/c1-11(10-12(2)19)18-17(15-8-6-5-7-9-15)16(13(3)20)14(4)21-18/h5-10,17-18H,1-4H3/b11-10-/t17-,18+/m1/s1. The molecule has 0 amide bonds. The van der Waals surface area contributed by atoms with Gasteiger partial charge in [0.15, 0.2) is 11.6 Å². The molecule has 2 atom stereocenters. The molecule has 0 spiro atoms. The first-order valence-electron chi connectivity index (χ1n) is 7.04.